The third-order valence-corrected chi connectivity index (χ3v) is 9.32. The molecule has 6 nitrogen and oxygen atoms in total. The van der Waals surface area contributed by atoms with E-state index in [1.54, 1.807) is 6.92 Å². The molecular weight excluding hydrogens is 507 g/mol. The van der Waals surface area contributed by atoms with Gasteiger partial charge < -0.3 is 18.9 Å². The SMILES string of the molecule is CCCCCCCCCCCCSC(CCCCCCCC)C(C)OCCCOP(=O)(O)C(=O)OCC. The fourth-order valence-corrected chi connectivity index (χ4v) is 6.42. The second-order valence-electron chi connectivity index (χ2n) is 10.1. The summed E-state index contributed by atoms with van der Waals surface area (Å²) in [5, 5.41) is 0.467. The standard InChI is InChI=1S/C29H59O6PS/c1-5-8-10-12-14-15-16-17-19-21-26-37-28(23-20-18-13-11-9-6-2)27(4)34-24-22-25-35-36(31,32)29(30)33-7-3/h27-28H,5-26H2,1-4H3,(H,31,32). The highest BCUT2D eigenvalue weighted by Crippen LogP contribution is 2.44. The first-order valence-electron chi connectivity index (χ1n) is 15.3. The zero-order valence-corrected chi connectivity index (χ0v) is 26.3. The molecule has 0 radical (unpaired) electrons. The molecule has 0 rings (SSSR count). The quantitative estimate of drug-likeness (QED) is 0.0745. The summed E-state index contributed by atoms with van der Waals surface area (Å²) >= 11 is 2.05. The van der Waals surface area contributed by atoms with Crippen molar-refractivity contribution < 1.29 is 28.3 Å². The lowest BCUT2D eigenvalue weighted by Gasteiger charge is -2.24. The summed E-state index contributed by atoms with van der Waals surface area (Å²) in [5.74, 6) is 1.18. The smallest absolute Gasteiger partial charge is 0.435 e. The van der Waals surface area contributed by atoms with Crippen LogP contribution >= 0.6 is 19.4 Å². The van der Waals surface area contributed by atoms with Crippen molar-refractivity contribution in [2.75, 3.05) is 25.6 Å². The number of hydrogen-bond acceptors (Lipinski definition) is 6. The molecule has 0 aliphatic rings. The topological polar surface area (TPSA) is 82.1 Å². The molecule has 0 heterocycles. The van der Waals surface area contributed by atoms with Gasteiger partial charge in [-0.25, -0.2) is 9.36 Å². The molecule has 8 heteroatoms. The van der Waals surface area contributed by atoms with E-state index in [1.165, 1.54) is 115 Å². The van der Waals surface area contributed by atoms with E-state index < -0.39 is 13.3 Å². The fraction of sp³-hybridized carbons (Fsp3) is 0.966. The maximum absolute atomic E-state index is 11.8. The normalized spacial score (nSPS) is 14.8. The van der Waals surface area contributed by atoms with Crippen LogP contribution in [0.15, 0.2) is 0 Å². The molecule has 3 atom stereocenters. The van der Waals surface area contributed by atoms with Gasteiger partial charge in [-0.15, -0.1) is 0 Å². The second-order valence-corrected chi connectivity index (χ2v) is 13.1. The number of thioether (sulfide) groups is 1. The Balaban J connectivity index is 4.22. The molecule has 0 fully saturated rings. The maximum Gasteiger partial charge on any atom is 0.435 e. The second kappa shape index (κ2) is 26.2. The van der Waals surface area contributed by atoms with Crippen LogP contribution in [0.5, 0.6) is 0 Å². The summed E-state index contributed by atoms with van der Waals surface area (Å²) in [6, 6.07) is 0. The number of carbonyl (C=O) groups is 1. The van der Waals surface area contributed by atoms with Crippen LogP contribution in [0.4, 0.5) is 4.79 Å². The fourth-order valence-electron chi connectivity index (χ4n) is 4.29. The Kier molecular flexibility index (Phi) is 26.1. The van der Waals surface area contributed by atoms with E-state index in [-0.39, 0.29) is 19.3 Å². The molecule has 3 unspecified atom stereocenters. The Bertz CT molecular complexity index is 563. The molecule has 0 aromatic rings. The van der Waals surface area contributed by atoms with Gasteiger partial charge in [-0.1, -0.05) is 110 Å². The molecule has 0 aromatic carbocycles. The number of carbonyl (C=O) groups excluding carboxylic acids is 1. The number of hydrogen-bond donors (Lipinski definition) is 1. The van der Waals surface area contributed by atoms with Gasteiger partial charge in [0.15, 0.2) is 0 Å². The molecule has 222 valence electrons. The number of rotatable bonds is 28. The van der Waals surface area contributed by atoms with Gasteiger partial charge in [0.25, 0.3) is 0 Å². The van der Waals surface area contributed by atoms with Crippen LogP contribution in [0.25, 0.3) is 0 Å². The highest BCUT2D eigenvalue weighted by molar-refractivity contribution is 7.99. The van der Waals surface area contributed by atoms with Gasteiger partial charge in [0.1, 0.15) is 0 Å². The Morgan fingerprint density at radius 2 is 1.27 bits per heavy atom. The average molecular weight is 567 g/mol. The average Bonchev–Trinajstić information content (AvgIpc) is 2.87. The molecular formula is C29H59O6PS. The minimum Gasteiger partial charge on any atom is -0.457 e. The van der Waals surface area contributed by atoms with Crippen molar-refractivity contribution in [1.29, 1.82) is 0 Å². The van der Waals surface area contributed by atoms with Crippen molar-refractivity contribution in [3.8, 4) is 0 Å². The summed E-state index contributed by atoms with van der Waals surface area (Å²) < 4.78 is 27.4. The Morgan fingerprint density at radius 3 is 1.81 bits per heavy atom. The van der Waals surface area contributed by atoms with E-state index in [9.17, 15) is 14.3 Å². The Morgan fingerprint density at radius 1 is 0.757 bits per heavy atom. The zero-order valence-electron chi connectivity index (χ0n) is 24.6. The summed E-state index contributed by atoms with van der Waals surface area (Å²) in [7, 11) is -4.37. The maximum atomic E-state index is 11.8. The van der Waals surface area contributed by atoms with Crippen LogP contribution in [-0.4, -0.2) is 47.5 Å². The van der Waals surface area contributed by atoms with Crippen LogP contribution in [0, 0.1) is 0 Å². The minimum absolute atomic E-state index is 0.00679. The highest BCUT2D eigenvalue weighted by atomic mass is 32.2. The van der Waals surface area contributed by atoms with E-state index in [1.807, 2.05) is 0 Å². The highest BCUT2D eigenvalue weighted by Gasteiger charge is 2.32. The Labute approximate surface area is 233 Å². The van der Waals surface area contributed by atoms with Crippen molar-refractivity contribution >= 4 is 25.1 Å². The van der Waals surface area contributed by atoms with Crippen LogP contribution in [0.2, 0.25) is 0 Å². The third kappa shape index (κ3) is 22.4. The van der Waals surface area contributed by atoms with Gasteiger partial charge >= 0.3 is 13.3 Å². The van der Waals surface area contributed by atoms with E-state index in [0.717, 1.165) is 0 Å². The van der Waals surface area contributed by atoms with Crippen LogP contribution in [0.1, 0.15) is 143 Å². The van der Waals surface area contributed by atoms with Crippen molar-refractivity contribution in [2.45, 2.75) is 155 Å². The zero-order chi connectivity index (χ0) is 27.6. The van der Waals surface area contributed by atoms with Crippen molar-refractivity contribution in [1.82, 2.24) is 0 Å². The lowest BCUT2D eigenvalue weighted by atomic mass is 10.1. The van der Waals surface area contributed by atoms with Crippen molar-refractivity contribution in [2.24, 2.45) is 0 Å². The van der Waals surface area contributed by atoms with E-state index in [2.05, 4.69) is 37.3 Å². The molecule has 37 heavy (non-hydrogen) atoms. The van der Waals surface area contributed by atoms with E-state index in [4.69, 9.17) is 9.26 Å². The summed E-state index contributed by atoms with van der Waals surface area (Å²) in [5.41, 5.74) is -1.19. The lowest BCUT2D eigenvalue weighted by Crippen LogP contribution is -2.25. The van der Waals surface area contributed by atoms with Gasteiger partial charge in [-0.05, 0) is 38.9 Å². The molecule has 0 aromatic heterocycles. The van der Waals surface area contributed by atoms with Gasteiger partial charge in [0.2, 0.25) is 0 Å². The van der Waals surface area contributed by atoms with Crippen LogP contribution in [-0.2, 0) is 18.6 Å². The number of ether oxygens (including phenoxy) is 2. The molecule has 0 amide bonds. The molecule has 0 bridgehead atoms. The predicted molar refractivity (Wildman–Crippen MR) is 159 cm³/mol. The van der Waals surface area contributed by atoms with E-state index in [0.29, 0.717) is 18.3 Å². The first-order chi connectivity index (χ1) is 17.9. The lowest BCUT2D eigenvalue weighted by molar-refractivity contribution is 0.0535. The van der Waals surface area contributed by atoms with Crippen LogP contribution in [0.3, 0.4) is 0 Å². The van der Waals surface area contributed by atoms with Gasteiger partial charge in [0, 0.05) is 11.9 Å². The van der Waals surface area contributed by atoms with Gasteiger partial charge in [0.05, 0.1) is 19.3 Å². The third-order valence-electron chi connectivity index (χ3n) is 6.63. The van der Waals surface area contributed by atoms with E-state index >= 15 is 0 Å². The number of unbranched alkanes of at least 4 members (excludes halogenated alkanes) is 14. The summed E-state index contributed by atoms with van der Waals surface area (Å²) in [6.07, 6.45) is 23.1. The van der Waals surface area contributed by atoms with Crippen molar-refractivity contribution in [3.05, 3.63) is 0 Å². The molecule has 0 aliphatic carbocycles. The van der Waals surface area contributed by atoms with Crippen molar-refractivity contribution in [3.63, 3.8) is 0 Å². The monoisotopic (exact) mass is 566 g/mol. The first kappa shape index (κ1) is 36.9. The largest absolute Gasteiger partial charge is 0.457 e. The first-order valence-corrected chi connectivity index (χ1v) is 17.9. The molecule has 0 aliphatic heterocycles. The minimum atomic E-state index is -4.37. The van der Waals surface area contributed by atoms with Crippen LogP contribution < -0.4 is 0 Å². The summed E-state index contributed by atoms with van der Waals surface area (Å²) in [6.45, 7) is 8.73. The summed E-state index contributed by atoms with van der Waals surface area (Å²) in [4.78, 5) is 21.1. The van der Waals surface area contributed by atoms with Gasteiger partial charge in [-0.2, -0.15) is 11.8 Å². The molecule has 0 saturated carbocycles. The van der Waals surface area contributed by atoms with Gasteiger partial charge in [-0.3, -0.25) is 0 Å². The Hall–Kier alpha value is -0.0700. The molecule has 0 spiro atoms. The molecule has 1 N–H and O–H groups in total. The predicted octanol–water partition coefficient (Wildman–Crippen LogP) is 9.91. The molecule has 0 saturated heterocycles.